The molecule has 0 radical (unpaired) electrons. The Balaban J connectivity index is 2.13. The number of aromatic nitrogens is 4. The fourth-order valence-electron chi connectivity index (χ4n) is 1.97. The maximum atomic E-state index is 12.2. The zero-order valence-electron chi connectivity index (χ0n) is 12.6. The molecule has 1 atom stereocenters. The van der Waals surface area contributed by atoms with Crippen molar-refractivity contribution in [2.24, 2.45) is 0 Å². The molecule has 0 saturated carbocycles. The predicted octanol–water partition coefficient (Wildman–Crippen LogP) is 1.75. The zero-order chi connectivity index (χ0) is 15.4. The third-order valence-corrected chi connectivity index (χ3v) is 3.10. The molecule has 7 nitrogen and oxygen atoms in total. The van der Waals surface area contributed by atoms with Crippen LogP contribution in [0, 0.1) is 0 Å². The fraction of sp³-hybridized carbons (Fsp3) is 0.429. The Morgan fingerprint density at radius 2 is 2.14 bits per heavy atom. The van der Waals surface area contributed by atoms with Crippen LogP contribution in [0.3, 0.4) is 0 Å². The molecule has 0 bridgehead atoms. The van der Waals surface area contributed by atoms with Crippen molar-refractivity contribution in [2.75, 3.05) is 7.11 Å². The summed E-state index contributed by atoms with van der Waals surface area (Å²) in [6.45, 7) is 5.95. The molecule has 1 unspecified atom stereocenters. The number of pyridine rings is 1. The summed E-state index contributed by atoms with van der Waals surface area (Å²) in [6.07, 6.45) is 3.20. The molecular weight excluding hydrogens is 270 g/mol. The number of nitrogens with zero attached hydrogens (tertiary/aromatic N) is 4. The SMILES string of the molecule is COc1cc(C(=O)NC(C)c2nncn2C(C)C)ccn1. The number of hydrogen-bond donors (Lipinski definition) is 1. The lowest BCUT2D eigenvalue weighted by Crippen LogP contribution is -2.29. The van der Waals surface area contributed by atoms with E-state index in [0.717, 1.165) is 5.82 Å². The van der Waals surface area contributed by atoms with Gasteiger partial charge in [-0.05, 0) is 26.8 Å². The van der Waals surface area contributed by atoms with Crippen LogP contribution in [0.2, 0.25) is 0 Å². The molecule has 1 N–H and O–H groups in total. The first-order chi connectivity index (χ1) is 10.0. The lowest BCUT2D eigenvalue weighted by atomic mass is 10.2. The second-order valence-electron chi connectivity index (χ2n) is 4.97. The fourth-order valence-corrected chi connectivity index (χ4v) is 1.97. The maximum absolute atomic E-state index is 12.2. The number of hydrogen-bond acceptors (Lipinski definition) is 5. The lowest BCUT2D eigenvalue weighted by molar-refractivity contribution is 0.0936. The minimum atomic E-state index is -0.249. The highest BCUT2D eigenvalue weighted by Crippen LogP contribution is 2.15. The molecule has 0 saturated heterocycles. The van der Waals surface area contributed by atoms with Crippen molar-refractivity contribution < 1.29 is 9.53 Å². The Morgan fingerprint density at radius 3 is 2.81 bits per heavy atom. The lowest BCUT2D eigenvalue weighted by Gasteiger charge is -2.17. The molecule has 2 rings (SSSR count). The van der Waals surface area contributed by atoms with Crippen molar-refractivity contribution in [1.82, 2.24) is 25.1 Å². The topological polar surface area (TPSA) is 81.9 Å². The van der Waals surface area contributed by atoms with Crippen LogP contribution in [0.25, 0.3) is 0 Å². The smallest absolute Gasteiger partial charge is 0.252 e. The van der Waals surface area contributed by atoms with E-state index in [-0.39, 0.29) is 18.0 Å². The van der Waals surface area contributed by atoms with E-state index in [1.807, 2.05) is 25.3 Å². The molecule has 0 aliphatic heterocycles. The first-order valence-electron chi connectivity index (χ1n) is 6.73. The molecule has 2 heterocycles. The van der Waals surface area contributed by atoms with Gasteiger partial charge in [-0.25, -0.2) is 4.98 Å². The summed E-state index contributed by atoms with van der Waals surface area (Å²) in [5.41, 5.74) is 0.490. The van der Waals surface area contributed by atoms with Crippen LogP contribution >= 0.6 is 0 Å². The van der Waals surface area contributed by atoms with E-state index in [9.17, 15) is 4.79 Å². The van der Waals surface area contributed by atoms with E-state index in [1.165, 1.54) is 13.3 Å². The molecule has 1 amide bonds. The van der Waals surface area contributed by atoms with Crippen molar-refractivity contribution in [3.05, 3.63) is 36.0 Å². The van der Waals surface area contributed by atoms with E-state index in [1.54, 1.807) is 18.5 Å². The molecule has 0 aliphatic rings. The number of rotatable bonds is 5. The number of carbonyl (C=O) groups excluding carboxylic acids is 1. The van der Waals surface area contributed by atoms with Gasteiger partial charge in [-0.3, -0.25) is 4.79 Å². The molecule has 0 fully saturated rings. The van der Waals surface area contributed by atoms with E-state index in [2.05, 4.69) is 20.5 Å². The summed E-state index contributed by atoms with van der Waals surface area (Å²) in [5.74, 6) is 0.918. The molecule has 2 aromatic rings. The monoisotopic (exact) mass is 289 g/mol. The van der Waals surface area contributed by atoms with E-state index in [0.29, 0.717) is 11.4 Å². The molecule has 2 aromatic heterocycles. The number of amides is 1. The summed E-state index contributed by atoms with van der Waals surface area (Å²) in [6, 6.07) is 3.21. The van der Waals surface area contributed by atoms with Gasteiger partial charge in [0.1, 0.15) is 6.33 Å². The van der Waals surface area contributed by atoms with Gasteiger partial charge in [0, 0.05) is 23.9 Å². The molecular formula is C14H19N5O2. The highest BCUT2D eigenvalue weighted by molar-refractivity contribution is 5.94. The number of carbonyl (C=O) groups is 1. The average molecular weight is 289 g/mol. The van der Waals surface area contributed by atoms with E-state index < -0.39 is 0 Å². The maximum Gasteiger partial charge on any atom is 0.252 e. The quantitative estimate of drug-likeness (QED) is 0.907. The van der Waals surface area contributed by atoms with Crippen molar-refractivity contribution in [1.29, 1.82) is 0 Å². The molecule has 7 heteroatoms. The standard InChI is InChI=1S/C14H19N5O2/c1-9(2)19-8-16-18-13(19)10(3)17-14(20)11-5-6-15-12(7-11)21-4/h5-10H,1-4H3,(H,17,20). The predicted molar refractivity (Wildman–Crippen MR) is 77.1 cm³/mol. The second-order valence-corrected chi connectivity index (χ2v) is 4.97. The van der Waals surface area contributed by atoms with Crippen LogP contribution in [0.15, 0.2) is 24.7 Å². The minimum Gasteiger partial charge on any atom is -0.481 e. The second kappa shape index (κ2) is 6.34. The highest BCUT2D eigenvalue weighted by Gasteiger charge is 2.18. The summed E-state index contributed by atoms with van der Waals surface area (Å²) in [5, 5.41) is 10.9. The van der Waals surface area contributed by atoms with Crippen molar-refractivity contribution in [2.45, 2.75) is 32.9 Å². The number of nitrogens with one attached hydrogen (secondary N) is 1. The molecule has 0 spiro atoms. The van der Waals surface area contributed by atoms with Gasteiger partial charge in [0.25, 0.3) is 5.91 Å². The van der Waals surface area contributed by atoms with E-state index >= 15 is 0 Å². The Hall–Kier alpha value is -2.44. The summed E-state index contributed by atoms with van der Waals surface area (Å²) in [4.78, 5) is 16.2. The van der Waals surface area contributed by atoms with Gasteiger partial charge in [-0.15, -0.1) is 10.2 Å². The Labute approximate surface area is 123 Å². The Bertz CT molecular complexity index is 623. The van der Waals surface area contributed by atoms with Crippen LogP contribution in [-0.4, -0.2) is 32.8 Å². The van der Waals surface area contributed by atoms with Crippen molar-refractivity contribution >= 4 is 5.91 Å². The first-order valence-corrected chi connectivity index (χ1v) is 6.73. The highest BCUT2D eigenvalue weighted by atomic mass is 16.5. The van der Waals surface area contributed by atoms with Gasteiger partial charge in [0.15, 0.2) is 5.82 Å². The van der Waals surface area contributed by atoms with Crippen LogP contribution in [0.4, 0.5) is 0 Å². The van der Waals surface area contributed by atoms with Crippen molar-refractivity contribution in [3.8, 4) is 5.88 Å². The average Bonchev–Trinajstić information content (AvgIpc) is 2.97. The zero-order valence-corrected chi connectivity index (χ0v) is 12.6. The normalized spacial score (nSPS) is 12.2. The van der Waals surface area contributed by atoms with Gasteiger partial charge in [-0.2, -0.15) is 0 Å². The third kappa shape index (κ3) is 3.36. The van der Waals surface area contributed by atoms with Gasteiger partial charge >= 0.3 is 0 Å². The molecule has 0 aliphatic carbocycles. The molecule has 112 valence electrons. The van der Waals surface area contributed by atoms with Crippen LogP contribution in [0.5, 0.6) is 5.88 Å². The Morgan fingerprint density at radius 1 is 1.38 bits per heavy atom. The van der Waals surface area contributed by atoms with E-state index in [4.69, 9.17) is 4.74 Å². The van der Waals surface area contributed by atoms with Gasteiger partial charge in [0.05, 0.1) is 13.2 Å². The van der Waals surface area contributed by atoms with Crippen LogP contribution < -0.4 is 10.1 Å². The Kier molecular flexibility index (Phi) is 4.52. The molecule has 21 heavy (non-hydrogen) atoms. The van der Waals surface area contributed by atoms with Gasteiger partial charge < -0.3 is 14.6 Å². The summed E-state index contributed by atoms with van der Waals surface area (Å²) >= 11 is 0. The van der Waals surface area contributed by atoms with Gasteiger partial charge in [0.2, 0.25) is 5.88 Å². The van der Waals surface area contributed by atoms with Gasteiger partial charge in [-0.1, -0.05) is 0 Å². The minimum absolute atomic E-state index is 0.207. The van der Waals surface area contributed by atoms with Crippen molar-refractivity contribution in [3.63, 3.8) is 0 Å². The summed E-state index contributed by atoms with van der Waals surface area (Å²) < 4.78 is 6.94. The summed E-state index contributed by atoms with van der Waals surface area (Å²) in [7, 11) is 1.51. The van der Waals surface area contributed by atoms with Crippen LogP contribution in [0.1, 0.15) is 49.0 Å². The first kappa shape index (κ1) is 15.0. The third-order valence-electron chi connectivity index (χ3n) is 3.10. The number of ether oxygens (including phenoxy) is 1. The largest absolute Gasteiger partial charge is 0.481 e. The van der Waals surface area contributed by atoms with Crippen LogP contribution in [-0.2, 0) is 0 Å². The number of methoxy groups -OCH3 is 1. The molecule has 0 aromatic carbocycles.